The van der Waals surface area contributed by atoms with Crippen LogP contribution in [0.25, 0.3) is 0 Å². The van der Waals surface area contributed by atoms with Crippen molar-refractivity contribution in [2.45, 2.75) is 26.7 Å². The molecule has 0 saturated heterocycles. The van der Waals surface area contributed by atoms with E-state index >= 15 is 0 Å². The van der Waals surface area contributed by atoms with E-state index in [1.54, 1.807) is 7.11 Å². The Kier molecular flexibility index (Phi) is 28.5. The van der Waals surface area contributed by atoms with Crippen molar-refractivity contribution < 1.29 is 89.7 Å². The minimum atomic E-state index is 0. The third-order valence-corrected chi connectivity index (χ3v) is 8.15. The summed E-state index contributed by atoms with van der Waals surface area (Å²) in [5.41, 5.74) is 5.25. The molecule has 8 rings (SSSR count). The second-order valence-electron chi connectivity index (χ2n) is 12.6. The number of ether oxygens (including phenoxy) is 4. The molecule has 0 aliphatic heterocycles. The summed E-state index contributed by atoms with van der Waals surface area (Å²) in [6.07, 6.45) is 2.11. The van der Waals surface area contributed by atoms with Crippen LogP contribution < -0.4 is 18.9 Å². The summed E-state index contributed by atoms with van der Waals surface area (Å²) < 4.78 is 21.8. The zero-order chi connectivity index (χ0) is 39.8. The standard InChI is InChI=1S/C21H19O.C13H11O.C12H8O.C7H7O.CH3.U.V.W/c1-17-7-9-18(10-8-17)11-12-19-13-15-21(16-14-19)22-20-5-3-2-4-6-20;1-11-7-9-13(10-8-11)14-12-5-3-2-4-6-12;1-3-7-11(8-4-1)13-12-9-5-2-6-10-12;1-8-7-5-3-2-4-6-7;;;;/h3-10,13-16H,11-12H2,1H3;3-10H,1H3;3-10H;3-6H,1H3;1H3;;;/q2*-1;-2;2*-1;3*+2. The van der Waals surface area contributed by atoms with E-state index in [1.807, 2.05) is 158 Å². The fraction of sp³-hybridized carbons (Fsp3) is 0.0926. The smallest absolute Gasteiger partial charge is 0.522 e. The van der Waals surface area contributed by atoms with Crippen molar-refractivity contribution >= 4 is 0 Å². The van der Waals surface area contributed by atoms with Crippen LogP contribution in [0, 0.1) is 82.7 Å². The molecule has 0 heterocycles. The van der Waals surface area contributed by atoms with Gasteiger partial charge in [-0.2, -0.15) is 91.0 Å². The first-order chi connectivity index (χ1) is 28.0. The van der Waals surface area contributed by atoms with Gasteiger partial charge < -0.3 is 26.4 Å². The summed E-state index contributed by atoms with van der Waals surface area (Å²) in [6.45, 7) is 4.18. The van der Waals surface area contributed by atoms with Crippen LogP contribution in [0.15, 0.2) is 194 Å². The van der Waals surface area contributed by atoms with Crippen molar-refractivity contribution in [2.24, 2.45) is 0 Å². The van der Waals surface area contributed by atoms with Gasteiger partial charge in [-0.1, -0.05) is 59.7 Å². The molecule has 0 unspecified atom stereocenters. The van der Waals surface area contributed by atoms with Gasteiger partial charge >= 0.3 is 70.7 Å². The fourth-order valence-electron chi connectivity index (χ4n) is 5.05. The number of rotatable bonds is 10. The first kappa shape index (κ1) is 54.3. The Balaban J connectivity index is 0.000000420. The van der Waals surface area contributed by atoms with Crippen LogP contribution in [0.4, 0.5) is 0 Å². The zero-order valence-corrected chi connectivity index (χ0v) is 43.4. The summed E-state index contributed by atoms with van der Waals surface area (Å²) in [5.74, 6) is 5.93. The van der Waals surface area contributed by atoms with Gasteiger partial charge in [-0.05, 0) is 62.1 Å². The van der Waals surface area contributed by atoms with E-state index in [0.717, 1.165) is 53.1 Å². The molecule has 0 aliphatic carbocycles. The first-order valence-electron chi connectivity index (χ1n) is 18.6. The maximum absolute atomic E-state index is 5.79. The van der Waals surface area contributed by atoms with Gasteiger partial charge in [-0.25, -0.2) is 0 Å². The van der Waals surface area contributed by atoms with E-state index in [0.29, 0.717) is 0 Å². The first-order valence-corrected chi connectivity index (χ1v) is 18.6. The number of methoxy groups -OCH3 is 1. The largest absolute Gasteiger partial charge is 2.00 e. The van der Waals surface area contributed by atoms with Crippen molar-refractivity contribution in [3.05, 3.63) is 254 Å². The molecular weight excluding hydrogens is 1190 g/mol. The minimum Gasteiger partial charge on any atom is -0.522 e. The number of benzene rings is 8. The summed E-state index contributed by atoms with van der Waals surface area (Å²) in [5, 5.41) is 0. The second-order valence-corrected chi connectivity index (χ2v) is 12.6. The van der Waals surface area contributed by atoms with Crippen molar-refractivity contribution in [1.29, 1.82) is 0 Å². The van der Waals surface area contributed by atoms with Crippen LogP contribution in [0.5, 0.6) is 40.2 Å². The zero-order valence-electron chi connectivity index (χ0n) is 34.9. The van der Waals surface area contributed by atoms with Gasteiger partial charge in [0.05, 0.1) is 7.11 Å². The average molecular weight is 1230 g/mol. The van der Waals surface area contributed by atoms with Gasteiger partial charge in [-0.3, -0.25) is 0 Å². The topological polar surface area (TPSA) is 36.9 Å². The molecule has 0 spiro atoms. The van der Waals surface area contributed by atoms with Gasteiger partial charge in [-0.15, -0.1) is 60.7 Å². The van der Waals surface area contributed by atoms with Gasteiger partial charge in [0, 0.05) is 28.7 Å². The van der Waals surface area contributed by atoms with Crippen molar-refractivity contribution in [1.82, 2.24) is 0 Å². The molecule has 8 aromatic rings. The predicted molar refractivity (Wildman–Crippen MR) is 236 cm³/mol. The molecule has 0 atom stereocenters. The maximum atomic E-state index is 5.79. The van der Waals surface area contributed by atoms with Gasteiger partial charge in [0.15, 0.2) is 0 Å². The molecule has 0 amide bonds. The Morgan fingerprint density at radius 3 is 0.820 bits per heavy atom. The Morgan fingerprint density at radius 2 is 0.557 bits per heavy atom. The molecule has 7 heteroatoms. The minimum absolute atomic E-state index is 0. The van der Waals surface area contributed by atoms with Gasteiger partial charge in [0.25, 0.3) is 0 Å². The maximum Gasteiger partial charge on any atom is 2.00 e. The third kappa shape index (κ3) is 22.1. The summed E-state index contributed by atoms with van der Waals surface area (Å²) in [4.78, 5) is 0. The number of hydrogen-bond acceptors (Lipinski definition) is 4. The van der Waals surface area contributed by atoms with Crippen LogP contribution in [-0.2, 0) is 52.5 Å². The fourth-order valence-corrected chi connectivity index (χ4v) is 5.05. The summed E-state index contributed by atoms with van der Waals surface area (Å²) >= 11 is 0. The Hall–Kier alpha value is -4.72. The third-order valence-electron chi connectivity index (χ3n) is 8.15. The molecule has 0 fully saturated rings. The van der Waals surface area contributed by atoms with Crippen molar-refractivity contribution in [3.63, 3.8) is 0 Å². The van der Waals surface area contributed by atoms with Gasteiger partial charge in [0.1, 0.15) is 11.5 Å². The molecule has 0 saturated carbocycles. The molecule has 0 N–H and O–H groups in total. The van der Waals surface area contributed by atoms with Crippen molar-refractivity contribution in [3.8, 4) is 40.2 Å². The molecule has 0 bridgehead atoms. The summed E-state index contributed by atoms with van der Waals surface area (Å²) in [7, 11) is 1.65. The van der Waals surface area contributed by atoms with Crippen LogP contribution in [0.1, 0.15) is 22.3 Å². The monoisotopic (exact) mass is 1230 g/mol. The van der Waals surface area contributed by atoms with Crippen LogP contribution in [0.2, 0.25) is 0 Å². The Labute approximate surface area is 414 Å². The molecule has 0 aromatic heterocycles. The van der Waals surface area contributed by atoms with Gasteiger partial charge in [0.2, 0.25) is 0 Å². The SMILES string of the molecule is COc1cc[c-]cc1.Cc1ccc(CCc2ccc(Oc3cc[c-]cc3)cc2)cc1.Cc1ccc(Oc2cc[c-]cc2)cc1.[CH3-].[U+2].[V+2].[W+2].[c-]1ccc(Oc2cc[c-]cc2)cc1. The average Bonchev–Trinajstić information content (AvgIpc) is 3.27. The molecular formula is C54H48O4UVW. The molecule has 4 nitrogen and oxygen atoms in total. The molecule has 61 heavy (non-hydrogen) atoms. The van der Waals surface area contributed by atoms with E-state index < -0.39 is 0 Å². The van der Waals surface area contributed by atoms with Crippen molar-refractivity contribution in [2.75, 3.05) is 7.11 Å². The number of hydrogen-bond donors (Lipinski definition) is 0. The Bertz CT molecular complexity index is 2190. The quantitative estimate of drug-likeness (QED) is 0.128. The second kappa shape index (κ2) is 32.1. The van der Waals surface area contributed by atoms with E-state index in [9.17, 15) is 0 Å². The Morgan fingerprint density at radius 1 is 0.344 bits per heavy atom. The summed E-state index contributed by atoms with van der Waals surface area (Å²) in [6, 6.07) is 76.9. The normalized spacial score (nSPS) is 9.16. The van der Waals surface area contributed by atoms with E-state index in [4.69, 9.17) is 18.9 Å². The van der Waals surface area contributed by atoms with E-state index in [2.05, 4.69) is 80.6 Å². The van der Waals surface area contributed by atoms with E-state index in [-0.39, 0.29) is 78.2 Å². The molecule has 303 valence electrons. The molecule has 0 aliphatic rings. The van der Waals surface area contributed by atoms with Crippen LogP contribution in [-0.4, -0.2) is 7.11 Å². The molecule has 8 aromatic carbocycles. The molecule has 1 radical (unpaired) electrons. The predicted octanol–water partition coefficient (Wildman–Crippen LogP) is 14.0. The van der Waals surface area contributed by atoms with Crippen LogP contribution in [0.3, 0.4) is 0 Å². The van der Waals surface area contributed by atoms with Crippen LogP contribution >= 0.6 is 0 Å². The number of aryl methyl sites for hydroxylation is 4. The van der Waals surface area contributed by atoms with E-state index in [1.165, 1.54) is 22.3 Å².